The van der Waals surface area contributed by atoms with Crippen molar-refractivity contribution in [1.29, 1.82) is 0 Å². The Bertz CT molecular complexity index is 224. The van der Waals surface area contributed by atoms with Crippen LogP contribution in [0, 0.1) is 0 Å². The lowest BCUT2D eigenvalue weighted by molar-refractivity contribution is -0.141. The molecule has 1 saturated heterocycles. The predicted molar refractivity (Wildman–Crippen MR) is 65.8 cm³/mol. The molecule has 5 heteroatoms. The number of carbonyl (C=O) groups is 1. The van der Waals surface area contributed by atoms with E-state index in [1.54, 1.807) is 0 Å². The van der Waals surface area contributed by atoms with Gasteiger partial charge in [-0.15, -0.1) is 0 Å². The van der Waals surface area contributed by atoms with Gasteiger partial charge in [0, 0.05) is 26.2 Å². The topological polar surface area (TPSA) is 53.0 Å². The van der Waals surface area contributed by atoms with Crippen molar-refractivity contribution in [2.24, 2.45) is 0 Å². The fourth-order valence-corrected chi connectivity index (χ4v) is 2.10. The van der Waals surface area contributed by atoms with Gasteiger partial charge in [-0.05, 0) is 32.4 Å². The molecule has 0 spiro atoms. The van der Waals surface area contributed by atoms with Crippen molar-refractivity contribution < 1.29 is 14.6 Å². The van der Waals surface area contributed by atoms with Crippen LogP contribution in [0.1, 0.15) is 19.3 Å². The number of hydrogen-bond acceptors (Lipinski definition) is 5. The van der Waals surface area contributed by atoms with Crippen molar-refractivity contribution in [3.63, 3.8) is 0 Å². The number of aliphatic hydroxyl groups excluding tert-OH is 1. The Balaban J connectivity index is 2.22. The molecular formula is C12H24N2O3. The van der Waals surface area contributed by atoms with Crippen molar-refractivity contribution in [3.05, 3.63) is 0 Å². The third kappa shape index (κ3) is 6.00. The molecule has 1 rings (SSSR count). The number of aliphatic hydroxyl groups is 1. The average Bonchev–Trinajstić information content (AvgIpc) is 2.55. The van der Waals surface area contributed by atoms with Crippen molar-refractivity contribution in [2.75, 3.05) is 53.0 Å². The summed E-state index contributed by atoms with van der Waals surface area (Å²) in [7, 11) is 1.43. The third-order valence-electron chi connectivity index (χ3n) is 3.14. The van der Waals surface area contributed by atoms with Crippen LogP contribution in [0.25, 0.3) is 0 Å². The minimum atomic E-state index is -0.154. The molecule has 0 atom stereocenters. The monoisotopic (exact) mass is 244 g/mol. The van der Waals surface area contributed by atoms with Gasteiger partial charge in [0.2, 0.25) is 0 Å². The summed E-state index contributed by atoms with van der Waals surface area (Å²) in [6, 6.07) is 0. The maximum absolute atomic E-state index is 11.2. The summed E-state index contributed by atoms with van der Waals surface area (Å²) >= 11 is 0. The minimum Gasteiger partial charge on any atom is -0.468 e. The van der Waals surface area contributed by atoms with Crippen LogP contribution in [-0.4, -0.2) is 73.9 Å². The number of nitrogens with zero attached hydrogens (tertiary/aromatic N) is 2. The van der Waals surface area contributed by atoms with Crippen molar-refractivity contribution in [3.8, 4) is 0 Å². The van der Waals surface area contributed by atoms with Crippen molar-refractivity contribution in [2.45, 2.75) is 19.3 Å². The second-order valence-corrected chi connectivity index (χ2v) is 4.48. The highest BCUT2D eigenvalue weighted by Gasteiger charge is 2.16. The summed E-state index contributed by atoms with van der Waals surface area (Å²) in [4.78, 5) is 15.7. The summed E-state index contributed by atoms with van der Waals surface area (Å²) < 4.78 is 4.68. The molecule has 0 saturated carbocycles. The number of methoxy groups -OCH3 is 1. The van der Waals surface area contributed by atoms with Crippen LogP contribution in [0.4, 0.5) is 0 Å². The van der Waals surface area contributed by atoms with Gasteiger partial charge in [-0.2, -0.15) is 0 Å². The molecule has 1 aliphatic heterocycles. The molecule has 0 amide bonds. The number of hydrogen-bond donors (Lipinski definition) is 1. The molecule has 0 radical (unpaired) electrons. The van der Waals surface area contributed by atoms with E-state index in [9.17, 15) is 4.79 Å². The Morgan fingerprint density at radius 3 is 2.59 bits per heavy atom. The molecule has 0 bridgehead atoms. The van der Waals surface area contributed by atoms with Crippen molar-refractivity contribution >= 4 is 5.97 Å². The fraction of sp³-hybridized carbons (Fsp3) is 0.917. The molecule has 0 aromatic carbocycles. The highest BCUT2D eigenvalue weighted by molar-refractivity contribution is 5.71. The highest BCUT2D eigenvalue weighted by Crippen LogP contribution is 2.04. The van der Waals surface area contributed by atoms with Gasteiger partial charge in [-0.3, -0.25) is 9.69 Å². The summed E-state index contributed by atoms with van der Waals surface area (Å²) in [5.74, 6) is -0.154. The molecule has 0 aliphatic carbocycles. The van der Waals surface area contributed by atoms with Gasteiger partial charge in [-0.1, -0.05) is 0 Å². The molecule has 100 valence electrons. The molecule has 17 heavy (non-hydrogen) atoms. The highest BCUT2D eigenvalue weighted by atomic mass is 16.5. The van der Waals surface area contributed by atoms with Gasteiger partial charge in [-0.25, -0.2) is 0 Å². The molecule has 0 unspecified atom stereocenters. The average molecular weight is 244 g/mol. The van der Waals surface area contributed by atoms with Crippen LogP contribution < -0.4 is 0 Å². The van der Waals surface area contributed by atoms with Crippen molar-refractivity contribution in [1.82, 2.24) is 9.80 Å². The van der Waals surface area contributed by atoms with Crippen LogP contribution in [0.2, 0.25) is 0 Å². The largest absolute Gasteiger partial charge is 0.468 e. The molecule has 5 nitrogen and oxygen atoms in total. The lowest BCUT2D eigenvalue weighted by Crippen LogP contribution is -2.34. The van der Waals surface area contributed by atoms with Gasteiger partial charge in [0.1, 0.15) is 0 Å². The quantitative estimate of drug-likeness (QED) is 0.524. The standard InChI is InChI=1S/C12H24N2O3/c1-17-12(16)11-14-7-4-6-13(8-9-14)5-2-3-10-15/h15H,2-11H2,1H3. The lowest BCUT2D eigenvalue weighted by Gasteiger charge is -2.20. The smallest absolute Gasteiger partial charge is 0.319 e. The molecule has 1 fully saturated rings. The summed E-state index contributed by atoms with van der Waals surface area (Å²) in [6.07, 6.45) is 3.02. The van der Waals surface area contributed by atoms with E-state index in [4.69, 9.17) is 5.11 Å². The van der Waals surface area contributed by atoms with E-state index >= 15 is 0 Å². The second kappa shape index (κ2) is 8.44. The summed E-state index contributed by atoms with van der Waals surface area (Å²) in [5.41, 5.74) is 0. The second-order valence-electron chi connectivity index (χ2n) is 4.48. The van der Waals surface area contributed by atoms with E-state index in [1.807, 2.05) is 0 Å². The Morgan fingerprint density at radius 1 is 1.18 bits per heavy atom. The number of unbranched alkanes of at least 4 members (excludes halogenated alkanes) is 1. The molecule has 0 aromatic heterocycles. The molecular weight excluding hydrogens is 220 g/mol. The van der Waals surface area contributed by atoms with Gasteiger partial charge >= 0.3 is 5.97 Å². The van der Waals surface area contributed by atoms with Gasteiger partial charge in [0.25, 0.3) is 0 Å². The van der Waals surface area contributed by atoms with E-state index < -0.39 is 0 Å². The summed E-state index contributed by atoms with van der Waals surface area (Å²) in [6.45, 7) is 5.71. The molecule has 1 heterocycles. The molecule has 1 aliphatic rings. The Labute approximate surface area is 103 Å². The van der Waals surface area contributed by atoms with Gasteiger partial charge in [0.05, 0.1) is 13.7 Å². The van der Waals surface area contributed by atoms with Crippen LogP contribution in [-0.2, 0) is 9.53 Å². The first-order valence-corrected chi connectivity index (χ1v) is 6.38. The maximum Gasteiger partial charge on any atom is 0.319 e. The number of rotatable bonds is 6. The zero-order valence-electron chi connectivity index (χ0n) is 10.7. The van der Waals surface area contributed by atoms with Crippen LogP contribution in [0.15, 0.2) is 0 Å². The van der Waals surface area contributed by atoms with E-state index in [0.717, 1.165) is 52.0 Å². The van der Waals surface area contributed by atoms with E-state index in [1.165, 1.54) is 7.11 Å². The van der Waals surface area contributed by atoms with Gasteiger partial charge in [0.15, 0.2) is 0 Å². The fourth-order valence-electron chi connectivity index (χ4n) is 2.10. The Morgan fingerprint density at radius 2 is 1.88 bits per heavy atom. The van der Waals surface area contributed by atoms with Gasteiger partial charge < -0.3 is 14.7 Å². The first-order chi connectivity index (χ1) is 8.26. The minimum absolute atomic E-state index is 0.154. The molecule has 0 aromatic rings. The first kappa shape index (κ1) is 14.4. The van der Waals surface area contributed by atoms with E-state index in [-0.39, 0.29) is 12.6 Å². The predicted octanol–water partition coefficient (Wildman–Crippen LogP) is -0.0604. The zero-order valence-corrected chi connectivity index (χ0v) is 10.7. The van der Waals surface area contributed by atoms with Crippen LogP contribution >= 0.6 is 0 Å². The van der Waals surface area contributed by atoms with Crippen LogP contribution in [0.5, 0.6) is 0 Å². The maximum atomic E-state index is 11.2. The number of ether oxygens (including phenoxy) is 1. The SMILES string of the molecule is COC(=O)CN1CCCN(CCCCO)CC1. The lowest BCUT2D eigenvalue weighted by atomic mass is 10.3. The van der Waals surface area contributed by atoms with E-state index in [0.29, 0.717) is 6.54 Å². The Kier molecular flexibility index (Phi) is 7.16. The number of carbonyl (C=O) groups excluding carboxylic acids is 1. The zero-order chi connectivity index (χ0) is 12.5. The summed E-state index contributed by atoms with van der Waals surface area (Å²) in [5, 5.41) is 8.74. The molecule has 1 N–H and O–H groups in total. The first-order valence-electron chi connectivity index (χ1n) is 6.38. The Hall–Kier alpha value is -0.650. The third-order valence-corrected chi connectivity index (χ3v) is 3.14. The normalized spacial score (nSPS) is 18.9. The number of esters is 1. The van der Waals surface area contributed by atoms with Crippen LogP contribution in [0.3, 0.4) is 0 Å². The van der Waals surface area contributed by atoms with E-state index in [2.05, 4.69) is 14.5 Å².